The van der Waals surface area contributed by atoms with Gasteiger partial charge in [0.15, 0.2) is 0 Å². The number of hydrogen-bond acceptors (Lipinski definition) is 4. The van der Waals surface area contributed by atoms with Gasteiger partial charge in [-0.3, -0.25) is 9.69 Å². The lowest BCUT2D eigenvalue weighted by molar-refractivity contribution is -0.150. The molecule has 1 aromatic heterocycles. The zero-order valence-electron chi connectivity index (χ0n) is 13.6. The molecule has 0 radical (unpaired) electrons. The number of piperidine rings is 1. The van der Waals surface area contributed by atoms with Crippen LogP contribution in [0.15, 0.2) is 18.2 Å². The molecule has 0 saturated carbocycles. The minimum Gasteiger partial charge on any atom is -0.497 e. The van der Waals surface area contributed by atoms with E-state index in [0.717, 1.165) is 43.6 Å². The Labute approximate surface area is 135 Å². The van der Waals surface area contributed by atoms with Crippen molar-refractivity contribution in [1.82, 2.24) is 9.88 Å². The molecule has 3 heterocycles. The van der Waals surface area contributed by atoms with E-state index in [1.807, 2.05) is 12.1 Å². The maximum atomic E-state index is 12.3. The van der Waals surface area contributed by atoms with Crippen LogP contribution in [0.3, 0.4) is 0 Å². The number of nitrogens with zero attached hydrogens (tertiary/aromatic N) is 1. The Morgan fingerprint density at radius 3 is 2.96 bits per heavy atom. The number of methoxy groups -OCH3 is 2. The second kappa shape index (κ2) is 5.57. The average molecular weight is 314 g/mol. The number of H-pyrrole nitrogens is 1. The number of nitrogens with one attached hydrogen (secondary N) is 1. The van der Waals surface area contributed by atoms with Crippen molar-refractivity contribution in [2.45, 2.75) is 25.3 Å². The van der Waals surface area contributed by atoms with Gasteiger partial charge in [-0.2, -0.15) is 0 Å². The van der Waals surface area contributed by atoms with E-state index in [-0.39, 0.29) is 17.9 Å². The molecule has 1 fully saturated rings. The standard InChI is InChI=1S/C18H22N2O3/c1-22-11-5-6-12-13-7-9-20-8-3-4-14(18(21)23-2)17(20)16(13)19-15(12)10-11/h5-6,10,14,17,19H,3-4,7-9H2,1-2H3. The maximum absolute atomic E-state index is 12.3. The van der Waals surface area contributed by atoms with Crippen molar-refractivity contribution in [3.8, 4) is 5.75 Å². The predicted molar refractivity (Wildman–Crippen MR) is 87.6 cm³/mol. The highest BCUT2D eigenvalue weighted by Gasteiger charge is 2.42. The van der Waals surface area contributed by atoms with Crippen LogP contribution >= 0.6 is 0 Å². The summed E-state index contributed by atoms with van der Waals surface area (Å²) >= 11 is 0. The van der Waals surface area contributed by atoms with Crippen LogP contribution in [0, 0.1) is 5.92 Å². The Morgan fingerprint density at radius 1 is 1.30 bits per heavy atom. The fourth-order valence-corrected chi connectivity index (χ4v) is 4.26. The predicted octanol–water partition coefficient (Wildman–Crippen LogP) is 2.66. The zero-order valence-corrected chi connectivity index (χ0v) is 13.6. The van der Waals surface area contributed by atoms with E-state index in [4.69, 9.17) is 9.47 Å². The van der Waals surface area contributed by atoms with Gasteiger partial charge in [-0.05, 0) is 43.5 Å². The lowest BCUT2D eigenvalue weighted by Gasteiger charge is -2.42. The van der Waals surface area contributed by atoms with Crippen molar-refractivity contribution in [2.24, 2.45) is 5.92 Å². The third-order valence-electron chi connectivity index (χ3n) is 5.33. The first kappa shape index (κ1) is 14.6. The van der Waals surface area contributed by atoms with Crippen molar-refractivity contribution < 1.29 is 14.3 Å². The molecule has 1 N–H and O–H groups in total. The fourth-order valence-electron chi connectivity index (χ4n) is 4.26. The number of carbonyl (C=O) groups is 1. The number of hydrogen-bond donors (Lipinski definition) is 1. The molecule has 0 amide bonds. The molecule has 5 heteroatoms. The maximum Gasteiger partial charge on any atom is 0.310 e. The molecule has 2 aromatic rings. The second-order valence-corrected chi connectivity index (χ2v) is 6.43. The van der Waals surface area contributed by atoms with Crippen LogP contribution in [-0.2, 0) is 16.0 Å². The van der Waals surface area contributed by atoms with Crippen LogP contribution in [0.4, 0.5) is 0 Å². The minimum atomic E-state index is -0.0937. The Hall–Kier alpha value is -2.01. The van der Waals surface area contributed by atoms with E-state index in [0.29, 0.717) is 0 Å². The summed E-state index contributed by atoms with van der Waals surface area (Å²) in [4.78, 5) is 18.3. The van der Waals surface area contributed by atoms with Gasteiger partial charge in [0, 0.05) is 29.2 Å². The first-order valence-electron chi connectivity index (χ1n) is 8.23. The van der Waals surface area contributed by atoms with Crippen LogP contribution < -0.4 is 4.74 Å². The van der Waals surface area contributed by atoms with Gasteiger partial charge in [0.2, 0.25) is 0 Å². The topological polar surface area (TPSA) is 54.6 Å². The molecular weight excluding hydrogens is 292 g/mol. The smallest absolute Gasteiger partial charge is 0.310 e. The van der Waals surface area contributed by atoms with Crippen molar-refractivity contribution in [3.05, 3.63) is 29.5 Å². The molecule has 4 rings (SSSR count). The summed E-state index contributed by atoms with van der Waals surface area (Å²) in [6, 6.07) is 6.27. The molecule has 122 valence electrons. The highest BCUT2D eigenvalue weighted by molar-refractivity contribution is 5.87. The number of carbonyl (C=O) groups excluding carboxylic acids is 1. The molecule has 0 spiro atoms. The van der Waals surface area contributed by atoms with Crippen molar-refractivity contribution in [2.75, 3.05) is 27.3 Å². The molecule has 5 nitrogen and oxygen atoms in total. The molecule has 2 aliphatic heterocycles. The molecule has 1 saturated heterocycles. The van der Waals surface area contributed by atoms with Crippen LogP contribution in [-0.4, -0.2) is 43.2 Å². The number of ether oxygens (including phenoxy) is 2. The van der Waals surface area contributed by atoms with Crippen molar-refractivity contribution in [3.63, 3.8) is 0 Å². The van der Waals surface area contributed by atoms with Gasteiger partial charge in [-0.25, -0.2) is 0 Å². The van der Waals surface area contributed by atoms with Crippen LogP contribution in [0.1, 0.15) is 30.1 Å². The summed E-state index contributed by atoms with van der Waals surface area (Å²) in [6.45, 7) is 2.06. The Balaban J connectivity index is 1.83. The van der Waals surface area contributed by atoms with E-state index in [9.17, 15) is 4.79 Å². The number of rotatable bonds is 2. The van der Waals surface area contributed by atoms with Crippen LogP contribution in [0.25, 0.3) is 10.9 Å². The van der Waals surface area contributed by atoms with Crippen molar-refractivity contribution in [1.29, 1.82) is 0 Å². The number of aromatic nitrogens is 1. The van der Waals surface area contributed by atoms with Gasteiger partial charge in [0.25, 0.3) is 0 Å². The van der Waals surface area contributed by atoms with E-state index >= 15 is 0 Å². The Morgan fingerprint density at radius 2 is 2.17 bits per heavy atom. The highest BCUT2D eigenvalue weighted by Crippen LogP contribution is 2.43. The van der Waals surface area contributed by atoms with Crippen molar-refractivity contribution >= 4 is 16.9 Å². The van der Waals surface area contributed by atoms with Gasteiger partial charge in [-0.15, -0.1) is 0 Å². The van der Waals surface area contributed by atoms with Gasteiger partial charge in [0.05, 0.1) is 26.2 Å². The summed E-state index contributed by atoms with van der Waals surface area (Å²) < 4.78 is 10.4. The molecule has 2 atom stereocenters. The Bertz CT molecular complexity index is 752. The van der Waals surface area contributed by atoms with Gasteiger partial charge < -0.3 is 14.5 Å². The van der Waals surface area contributed by atoms with Gasteiger partial charge in [-0.1, -0.05) is 0 Å². The monoisotopic (exact) mass is 314 g/mol. The summed E-state index contributed by atoms with van der Waals surface area (Å²) in [6.07, 6.45) is 2.97. The summed E-state index contributed by atoms with van der Waals surface area (Å²) in [5, 5.41) is 1.25. The summed E-state index contributed by atoms with van der Waals surface area (Å²) in [5.74, 6) is 0.674. The molecule has 1 aromatic carbocycles. The third-order valence-corrected chi connectivity index (χ3v) is 5.33. The number of benzene rings is 1. The molecule has 0 bridgehead atoms. The van der Waals surface area contributed by atoms with E-state index in [2.05, 4.69) is 16.0 Å². The number of aromatic amines is 1. The fraction of sp³-hybridized carbons (Fsp3) is 0.500. The average Bonchev–Trinajstić information content (AvgIpc) is 2.98. The van der Waals surface area contributed by atoms with Gasteiger partial charge >= 0.3 is 5.97 Å². The highest BCUT2D eigenvalue weighted by atomic mass is 16.5. The molecule has 0 aliphatic carbocycles. The van der Waals surface area contributed by atoms with E-state index < -0.39 is 0 Å². The van der Waals surface area contributed by atoms with Crippen LogP contribution in [0.2, 0.25) is 0 Å². The quantitative estimate of drug-likeness (QED) is 0.866. The largest absolute Gasteiger partial charge is 0.497 e. The van der Waals surface area contributed by atoms with Gasteiger partial charge in [0.1, 0.15) is 5.75 Å². The first-order chi connectivity index (χ1) is 11.2. The lowest BCUT2D eigenvalue weighted by atomic mass is 9.82. The minimum absolute atomic E-state index is 0.0808. The first-order valence-corrected chi connectivity index (χ1v) is 8.23. The summed E-state index contributed by atoms with van der Waals surface area (Å²) in [7, 11) is 3.17. The molecular formula is C18H22N2O3. The Kier molecular flexibility index (Phi) is 3.53. The summed E-state index contributed by atoms with van der Waals surface area (Å²) in [5.41, 5.74) is 3.62. The number of fused-ring (bicyclic) bond motifs is 5. The molecule has 23 heavy (non-hydrogen) atoms. The second-order valence-electron chi connectivity index (χ2n) is 6.43. The molecule has 2 aliphatic rings. The van der Waals surface area contributed by atoms with E-state index in [1.165, 1.54) is 23.8 Å². The van der Waals surface area contributed by atoms with E-state index in [1.54, 1.807) is 7.11 Å². The number of esters is 1. The third kappa shape index (κ3) is 2.22. The zero-order chi connectivity index (χ0) is 16.0. The molecule has 2 unspecified atom stereocenters. The van der Waals surface area contributed by atoms with Crippen LogP contribution in [0.5, 0.6) is 5.75 Å². The normalized spacial score (nSPS) is 24.1. The SMILES string of the molecule is COC(=O)C1CCCN2CCc3c([nH]c4cc(OC)ccc34)C12. The lowest BCUT2D eigenvalue weighted by Crippen LogP contribution is -2.45.